The number of rotatable bonds is 5. The Labute approximate surface area is 116 Å². The highest BCUT2D eigenvalue weighted by Gasteiger charge is 2.08. The molecular formula is C14H15N3O3. The van der Waals surface area contributed by atoms with Crippen molar-refractivity contribution < 1.29 is 14.3 Å². The summed E-state index contributed by atoms with van der Waals surface area (Å²) in [5.74, 6) is 0.815. The van der Waals surface area contributed by atoms with Gasteiger partial charge in [0.2, 0.25) is 0 Å². The average Bonchev–Trinajstić information content (AvgIpc) is 2.53. The number of nitrogens with zero attached hydrogens (tertiary/aromatic N) is 2. The van der Waals surface area contributed by atoms with Crippen molar-refractivity contribution in [1.29, 1.82) is 0 Å². The Morgan fingerprint density at radius 3 is 2.60 bits per heavy atom. The molecule has 1 N–H and O–H groups in total. The maximum absolute atomic E-state index is 11.3. The van der Waals surface area contributed by atoms with Gasteiger partial charge in [-0.05, 0) is 17.7 Å². The van der Waals surface area contributed by atoms with Crippen LogP contribution in [0.1, 0.15) is 16.1 Å². The van der Waals surface area contributed by atoms with E-state index in [2.05, 4.69) is 20.0 Å². The van der Waals surface area contributed by atoms with Crippen LogP contribution in [0.25, 0.3) is 0 Å². The second-order valence-corrected chi connectivity index (χ2v) is 3.98. The number of ether oxygens (including phenoxy) is 2. The molecule has 0 aliphatic heterocycles. The van der Waals surface area contributed by atoms with Gasteiger partial charge in [0.1, 0.15) is 11.6 Å². The molecule has 0 amide bonds. The van der Waals surface area contributed by atoms with Gasteiger partial charge in [0.05, 0.1) is 26.6 Å². The van der Waals surface area contributed by atoms with Crippen molar-refractivity contribution in [3.05, 3.63) is 47.9 Å². The maximum atomic E-state index is 11.3. The molecule has 0 saturated carbocycles. The predicted octanol–water partition coefficient (Wildman–Crippen LogP) is 1.88. The highest BCUT2D eigenvalue weighted by atomic mass is 16.5. The zero-order valence-corrected chi connectivity index (χ0v) is 11.3. The van der Waals surface area contributed by atoms with E-state index in [1.54, 1.807) is 13.3 Å². The molecule has 0 fully saturated rings. The first-order chi connectivity index (χ1) is 9.72. The van der Waals surface area contributed by atoms with E-state index in [9.17, 15) is 4.79 Å². The van der Waals surface area contributed by atoms with E-state index >= 15 is 0 Å². The lowest BCUT2D eigenvalue weighted by Gasteiger charge is -2.07. The number of methoxy groups -OCH3 is 2. The summed E-state index contributed by atoms with van der Waals surface area (Å²) in [6.07, 6.45) is 2.92. The fraction of sp³-hybridized carbons (Fsp3) is 0.214. The summed E-state index contributed by atoms with van der Waals surface area (Å²) in [5, 5.41) is 3.10. The molecule has 2 aromatic rings. The van der Waals surface area contributed by atoms with Crippen LogP contribution in [0.5, 0.6) is 5.75 Å². The molecular weight excluding hydrogens is 258 g/mol. The van der Waals surface area contributed by atoms with Crippen molar-refractivity contribution in [1.82, 2.24) is 9.97 Å². The Balaban J connectivity index is 2.01. The van der Waals surface area contributed by atoms with Crippen molar-refractivity contribution in [2.24, 2.45) is 0 Å². The summed E-state index contributed by atoms with van der Waals surface area (Å²) in [6.45, 7) is 0.573. The van der Waals surface area contributed by atoms with Gasteiger partial charge in [0, 0.05) is 6.54 Å². The molecule has 1 heterocycles. The quantitative estimate of drug-likeness (QED) is 0.838. The zero-order valence-electron chi connectivity index (χ0n) is 11.3. The minimum Gasteiger partial charge on any atom is -0.497 e. The van der Waals surface area contributed by atoms with Gasteiger partial charge < -0.3 is 14.8 Å². The topological polar surface area (TPSA) is 73.3 Å². The van der Waals surface area contributed by atoms with Crippen LogP contribution in [0.4, 0.5) is 5.82 Å². The lowest BCUT2D eigenvalue weighted by Crippen LogP contribution is -2.08. The van der Waals surface area contributed by atoms with Gasteiger partial charge in [-0.2, -0.15) is 0 Å². The molecule has 0 unspecified atom stereocenters. The lowest BCUT2D eigenvalue weighted by atomic mass is 10.2. The summed E-state index contributed by atoms with van der Waals surface area (Å²) in [6, 6.07) is 7.66. The van der Waals surface area contributed by atoms with E-state index in [-0.39, 0.29) is 5.69 Å². The third kappa shape index (κ3) is 3.44. The Bertz CT molecular complexity index is 584. The maximum Gasteiger partial charge on any atom is 0.358 e. The van der Waals surface area contributed by atoms with Crippen molar-refractivity contribution >= 4 is 11.8 Å². The fourth-order valence-electron chi connectivity index (χ4n) is 1.59. The average molecular weight is 273 g/mol. The highest BCUT2D eigenvalue weighted by molar-refractivity contribution is 5.87. The molecule has 0 saturated heterocycles. The van der Waals surface area contributed by atoms with Crippen LogP contribution >= 0.6 is 0 Å². The van der Waals surface area contributed by atoms with Crippen LogP contribution in [0.2, 0.25) is 0 Å². The summed E-state index contributed by atoms with van der Waals surface area (Å²) < 4.78 is 9.69. The largest absolute Gasteiger partial charge is 0.497 e. The predicted molar refractivity (Wildman–Crippen MR) is 73.7 cm³/mol. The Hall–Kier alpha value is -2.63. The van der Waals surface area contributed by atoms with Gasteiger partial charge in [-0.25, -0.2) is 9.78 Å². The number of hydrogen-bond acceptors (Lipinski definition) is 6. The number of nitrogens with one attached hydrogen (secondary N) is 1. The number of carbonyl (C=O) groups excluding carboxylic acids is 1. The van der Waals surface area contributed by atoms with Crippen LogP contribution < -0.4 is 10.1 Å². The lowest BCUT2D eigenvalue weighted by molar-refractivity contribution is 0.0593. The first-order valence-electron chi connectivity index (χ1n) is 6.00. The van der Waals surface area contributed by atoms with E-state index in [0.717, 1.165) is 11.3 Å². The second kappa shape index (κ2) is 6.51. The molecule has 1 aromatic carbocycles. The van der Waals surface area contributed by atoms with Gasteiger partial charge >= 0.3 is 5.97 Å². The van der Waals surface area contributed by atoms with Gasteiger partial charge in [-0.15, -0.1) is 0 Å². The summed E-state index contributed by atoms with van der Waals surface area (Å²) in [5.41, 5.74) is 1.24. The van der Waals surface area contributed by atoms with E-state index in [1.807, 2.05) is 24.3 Å². The van der Waals surface area contributed by atoms with Crippen molar-refractivity contribution in [2.45, 2.75) is 6.54 Å². The Morgan fingerprint density at radius 2 is 1.95 bits per heavy atom. The third-order valence-corrected chi connectivity index (χ3v) is 2.66. The Morgan fingerprint density at radius 1 is 1.20 bits per heavy atom. The summed E-state index contributed by atoms with van der Waals surface area (Å²) >= 11 is 0. The molecule has 104 valence electrons. The summed E-state index contributed by atoms with van der Waals surface area (Å²) in [4.78, 5) is 19.4. The minimum atomic E-state index is -0.509. The first-order valence-corrected chi connectivity index (χ1v) is 6.00. The highest BCUT2D eigenvalue weighted by Crippen LogP contribution is 2.12. The van der Waals surface area contributed by atoms with E-state index in [1.165, 1.54) is 13.3 Å². The smallest absolute Gasteiger partial charge is 0.358 e. The SMILES string of the molecule is COC(=O)c1cncc(NCc2ccc(OC)cc2)n1. The monoisotopic (exact) mass is 273 g/mol. The molecule has 2 rings (SSSR count). The number of carbonyl (C=O) groups is 1. The van der Waals surface area contributed by atoms with Crippen molar-refractivity contribution in [2.75, 3.05) is 19.5 Å². The second-order valence-electron chi connectivity index (χ2n) is 3.98. The molecule has 0 atom stereocenters. The number of hydrogen-bond donors (Lipinski definition) is 1. The molecule has 0 radical (unpaired) electrons. The fourth-order valence-corrected chi connectivity index (χ4v) is 1.59. The molecule has 6 nitrogen and oxygen atoms in total. The molecule has 0 aliphatic rings. The molecule has 1 aromatic heterocycles. The van der Waals surface area contributed by atoms with Crippen LogP contribution in [-0.2, 0) is 11.3 Å². The molecule has 0 aliphatic carbocycles. The van der Waals surface area contributed by atoms with E-state index in [0.29, 0.717) is 12.4 Å². The zero-order chi connectivity index (χ0) is 14.4. The molecule has 20 heavy (non-hydrogen) atoms. The molecule has 0 bridgehead atoms. The Kier molecular flexibility index (Phi) is 4.49. The van der Waals surface area contributed by atoms with Crippen LogP contribution in [0.3, 0.4) is 0 Å². The van der Waals surface area contributed by atoms with Gasteiger partial charge in [-0.1, -0.05) is 12.1 Å². The van der Waals surface area contributed by atoms with E-state index in [4.69, 9.17) is 4.74 Å². The van der Waals surface area contributed by atoms with Gasteiger partial charge in [-0.3, -0.25) is 4.98 Å². The number of esters is 1. The van der Waals surface area contributed by atoms with Gasteiger partial charge in [0.15, 0.2) is 5.69 Å². The number of aromatic nitrogens is 2. The first kappa shape index (κ1) is 13.8. The minimum absolute atomic E-state index is 0.173. The van der Waals surface area contributed by atoms with Crippen LogP contribution in [0, 0.1) is 0 Å². The third-order valence-electron chi connectivity index (χ3n) is 2.66. The van der Waals surface area contributed by atoms with E-state index < -0.39 is 5.97 Å². The number of benzene rings is 1. The van der Waals surface area contributed by atoms with Crippen LogP contribution in [-0.4, -0.2) is 30.2 Å². The number of anilines is 1. The van der Waals surface area contributed by atoms with Gasteiger partial charge in [0.25, 0.3) is 0 Å². The standard InChI is InChI=1S/C14H15N3O3/c1-19-11-5-3-10(4-6-11)7-16-13-9-15-8-12(17-13)14(18)20-2/h3-6,8-9H,7H2,1-2H3,(H,16,17). The molecule has 0 spiro atoms. The molecule has 6 heteroatoms. The van der Waals surface area contributed by atoms with Crippen molar-refractivity contribution in [3.8, 4) is 5.75 Å². The van der Waals surface area contributed by atoms with Crippen LogP contribution in [0.15, 0.2) is 36.7 Å². The normalized spacial score (nSPS) is 9.90. The summed E-state index contributed by atoms with van der Waals surface area (Å²) in [7, 11) is 2.93. The van der Waals surface area contributed by atoms with Crippen molar-refractivity contribution in [3.63, 3.8) is 0 Å².